The van der Waals surface area contributed by atoms with E-state index in [0.29, 0.717) is 36.0 Å². The number of amides is 1. The first-order valence-electron chi connectivity index (χ1n) is 8.14. The number of fused-ring (bicyclic) bond motifs is 1. The largest absolute Gasteiger partial charge is 0.486 e. The van der Waals surface area contributed by atoms with Crippen molar-refractivity contribution < 1.29 is 18.8 Å². The molecule has 6 nitrogen and oxygen atoms in total. The quantitative estimate of drug-likeness (QED) is 0.930. The second-order valence-corrected chi connectivity index (χ2v) is 6.26. The summed E-state index contributed by atoms with van der Waals surface area (Å²) < 4.78 is 16.4. The molecule has 0 aliphatic carbocycles. The Morgan fingerprint density at radius 3 is 2.58 bits per heavy atom. The molecule has 1 aromatic carbocycles. The fourth-order valence-corrected chi connectivity index (χ4v) is 2.74. The average Bonchev–Trinajstić information content (AvgIpc) is 2.96. The molecule has 1 N–H and O–H groups in total. The Labute approximate surface area is 141 Å². The smallest absolute Gasteiger partial charge is 0.257 e. The van der Waals surface area contributed by atoms with E-state index < -0.39 is 0 Å². The van der Waals surface area contributed by atoms with Crippen LogP contribution >= 0.6 is 0 Å². The van der Waals surface area contributed by atoms with Gasteiger partial charge in [-0.2, -0.15) is 0 Å². The van der Waals surface area contributed by atoms with Crippen LogP contribution in [0.3, 0.4) is 0 Å². The standard InChI is InChI=1S/C18H22N2O4/c1-10(2)17-16(12(4)20-24-17)18(21)19-11(3)13-5-6-14-15(9-13)23-8-7-22-14/h5-6,9-11H,7-8H2,1-4H3,(H,19,21)/t11-/m0/s1. The van der Waals surface area contributed by atoms with Crippen LogP contribution in [0.5, 0.6) is 11.5 Å². The molecule has 0 saturated heterocycles. The van der Waals surface area contributed by atoms with Crippen molar-refractivity contribution >= 4 is 5.91 Å². The minimum Gasteiger partial charge on any atom is -0.486 e. The van der Waals surface area contributed by atoms with Gasteiger partial charge in [0.15, 0.2) is 17.3 Å². The van der Waals surface area contributed by atoms with Crippen LogP contribution in [0.4, 0.5) is 0 Å². The topological polar surface area (TPSA) is 73.6 Å². The van der Waals surface area contributed by atoms with E-state index in [1.807, 2.05) is 39.0 Å². The molecule has 0 radical (unpaired) electrons. The van der Waals surface area contributed by atoms with Crippen molar-refractivity contribution in [2.24, 2.45) is 0 Å². The zero-order valence-electron chi connectivity index (χ0n) is 14.4. The summed E-state index contributed by atoms with van der Waals surface area (Å²) in [6.45, 7) is 8.75. The van der Waals surface area contributed by atoms with Crippen LogP contribution < -0.4 is 14.8 Å². The van der Waals surface area contributed by atoms with Crippen molar-refractivity contribution in [2.45, 2.75) is 39.7 Å². The molecular formula is C18H22N2O4. The van der Waals surface area contributed by atoms with Gasteiger partial charge < -0.3 is 19.3 Å². The maximum atomic E-state index is 12.7. The van der Waals surface area contributed by atoms with E-state index in [0.717, 1.165) is 11.3 Å². The Hall–Kier alpha value is -2.50. The minimum absolute atomic E-state index is 0.0940. The third-order valence-corrected chi connectivity index (χ3v) is 4.05. The van der Waals surface area contributed by atoms with Crippen molar-refractivity contribution in [3.63, 3.8) is 0 Å². The Morgan fingerprint density at radius 2 is 1.88 bits per heavy atom. The number of nitrogens with zero attached hydrogens (tertiary/aromatic N) is 1. The zero-order chi connectivity index (χ0) is 17.3. The molecule has 0 saturated carbocycles. The predicted molar refractivity (Wildman–Crippen MR) is 88.6 cm³/mol. The summed E-state index contributed by atoms with van der Waals surface area (Å²) in [5.74, 6) is 1.97. The summed E-state index contributed by atoms with van der Waals surface area (Å²) in [5, 5.41) is 6.93. The van der Waals surface area contributed by atoms with Crippen molar-refractivity contribution in [1.29, 1.82) is 0 Å². The maximum Gasteiger partial charge on any atom is 0.257 e. The number of nitrogens with one attached hydrogen (secondary N) is 1. The zero-order valence-corrected chi connectivity index (χ0v) is 14.4. The van der Waals surface area contributed by atoms with Gasteiger partial charge in [-0.25, -0.2) is 0 Å². The number of rotatable bonds is 4. The van der Waals surface area contributed by atoms with Crippen LogP contribution in [0.15, 0.2) is 22.7 Å². The summed E-state index contributed by atoms with van der Waals surface area (Å²) in [6.07, 6.45) is 0. The molecule has 6 heteroatoms. The third kappa shape index (κ3) is 3.09. The summed E-state index contributed by atoms with van der Waals surface area (Å²) in [6, 6.07) is 5.53. The SMILES string of the molecule is Cc1noc(C(C)C)c1C(=O)N[C@@H](C)c1ccc2c(c1)OCCO2. The van der Waals surface area contributed by atoms with E-state index >= 15 is 0 Å². The van der Waals surface area contributed by atoms with E-state index in [1.165, 1.54) is 0 Å². The number of benzene rings is 1. The summed E-state index contributed by atoms with van der Waals surface area (Å²) in [7, 11) is 0. The molecular weight excluding hydrogens is 308 g/mol. The Morgan fingerprint density at radius 1 is 1.17 bits per heavy atom. The summed E-state index contributed by atoms with van der Waals surface area (Å²) in [4.78, 5) is 12.7. The Balaban J connectivity index is 1.78. The maximum absolute atomic E-state index is 12.7. The number of aryl methyl sites for hydroxylation is 1. The number of ether oxygens (including phenoxy) is 2. The lowest BCUT2D eigenvalue weighted by Crippen LogP contribution is -2.28. The van der Waals surface area contributed by atoms with Gasteiger partial charge in [0.25, 0.3) is 5.91 Å². The summed E-state index contributed by atoms with van der Waals surface area (Å²) in [5.41, 5.74) is 2.08. The highest BCUT2D eigenvalue weighted by Crippen LogP contribution is 2.32. The van der Waals surface area contributed by atoms with Gasteiger partial charge in [-0.05, 0) is 31.5 Å². The van der Waals surface area contributed by atoms with Crippen LogP contribution in [0, 0.1) is 6.92 Å². The Kier molecular flexibility index (Phi) is 4.46. The summed E-state index contributed by atoms with van der Waals surface area (Å²) >= 11 is 0. The molecule has 1 atom stereocenters. The molecule has 0 unspecified atom stereocenters. The molecule has 128 valence electrons. The van der Waals surface area contributed by atoms with Gasteiger partial charge in [0.1, 0.15) is 18.8 Å². The third-order valence-electron chi connectivity index (χ3n) is 4.05. The lowest BCUT2D eigenvalue weighted by atomic mass is 10.0. The normalized spacial score (nSPS) is 14.5. The first kappa shape index (κ1) is 16.4. The lowest BCUT2D eigenvalue weighted by molar-refractivity contribution is 0.0936. The number of carbonyl (C=O) groups excluding carboxylic acids is 1. The predicted octanol–water partition coefficient (Wildman–Crippen LogP) is 3.37. The Bertz CT molecular complexity index is 751. The molecule has 2 heterocycles. The van der Waals surface area contributed by atoms with Crippen molar-refractivity contribution in [3.8, 4) is 11.5 Å². The van der Waals surface area contributed by atoms with Crippen LogP contribution in [0.1, 0.15) is 60.1 Å². The number of hydrogen-bond acceptors (Lipinski definition) is 5. The van der Waals surface area contributed by atoms with E-state index in [2.05, 4.69) is 10.5 Å². The number of carbonyl (C=O) groups is 1. The van der Waals surface area contributed by atoms with E-state index in [-0.39, 0.29) is 17.9 Å². The van der Waals surface area contributed by atoms with Gasteiger partial charge in [-0.15, -0.1) is 0 Å². The molecule has 2 aromatic rings. The molecule has 24 heavy (non-hydrogen) atoms. The van der Waals surface area contributed by atoms with Gasteiger partial charge in [0.05, 0.1) is 11.7 Å². The average molecular weight is 330 g/mol. The molecule has 1 amide bonds. The van der Waals surface area contributed by atoms with Crippen molar-refractivity contribution in [2.75, 3.05) is 13.2 Å². The highest BCUT2D eigenvalue weighted by molar-refractivity contribution is 5.96. The van der Waals surface area contributed by atoms with Gasteiger partial charge in [0, 0.05) is 5.92 Å². The molecule has 0 bridgehead atoms. The van der Waals surface area contributed by atoms with Crippen molar-refractivity contribution in [3.05, 3.63) is 40.8 Å². The van der Waals surface area contributed by atoms with Crippen molar-refractivity contribution in [1.82, 2.24) is 10.5 Å². The van der Waals surface area contributed by atoms with Gasteiger partial charge in [-0.1, -0.05) is 25.1 Å². The number of aromatic nitrogens is 1. The monoisotopic (exact) mass is 330 g/mol. The van der Waals surface area contributed by atoms with E-state index in [9.17, 15) is 4.79 Å². The van der Waals surface area contributed by atoms with Gasteiger partial charge in [0.2, 0.25) is 0 Å². The van der Waals surface area contributed by atoms with Crippen LogP contribution in [0.2, 0.25) is 0 Å². The second-order valence-electron chi connectivity index (χ2n) is 6.26. The highest BCUT2D eigenvalue weighted by Gasteiger charge is 2.24. The van der Waals surface area contributed by atoms with E-state index in [1.54, 1.807) is 6.92 Å². The molecule has 1 aliphatic heterocycles. The van der Waals surface area contributed by atoms with Gasteiger partial charge >= 0.3 is 0 Å². The van der Waals surface area contributed by atoms with E-state index in [4.69, 9.17) is 14.0 Å². The molecule has 1 aliphatic rings. The second kappa shape index (κ2) is 6.55. The first-order valence-corrected chi connectivity index (χ1v) is 8.14. The molecule has 3 rings (SSSR count). The van der Waals surface area contributed by atoms with Gasteiger partial charge in [-0.3, -0.25) is 4.79 Å². The molecule has 1 aromatic heterocycles. The van der Waals surface area contributed by atoms with Crippen LogP contribution in [-0.2, 0) is 0 Å². The molecule has 0 fully saturated rings. The highest BCUT2D eigenvalue weighted by atomic mass is 16.6. The molecule has 0 spiro atoms. The fourth-order valence-electron chi connectivity index (χ4n) is 2.74. The lowest BCUT2D eigenvalue weighted by Gasteiger charge is -2.21. The van der Waals surface area contributed by atoms with Crippen LogP contribution in [0.25, 0.3) is 0 Å². The minimum atomic E-state index is -0.181. The van der Waals surface area contributed by atoms with Crippen LogP contribution in [-0.4, -0.2) is 24.3 Å². The number of hydrogen-bond donors (Lipinski definition) is 1. The fraction of sp³-hybridized carbons (Fsp3) is 0.444. The first-order chi connectivity index (χ1) is 11.5.